The summed E-state index contributed by atoms with van der Waals surface area (Å²) in [6.45, 7) is 0. The molecule has 0 radical (unpaired) electrons. The van der Waals surface area contributed by atoms with E-state index in [1.54, 1.807) is 12.1 Å². The van der Waals surface area contributed by atoms with Gasteiger partial charge in [0.05, 0.1) is 7.11 Å². The van der Waals surface area contributed by atoms with E-state index in [2.05, 4.69) is 20.7 Å². The molecule has 4 nitrogen and oxygen atoms in total. The highest BCUT2D eigenvalue weighted by molar-refractivity contribution is 9.10. The summed E-state index contributed by atoms with van der Waals surface area (Å²) in [7, 11) is 1.28. The van der Waals surface area contributed by atoms with Gasteiger partial charge in [0.2, 0.25) is 0 Å². The lowest BCUT2D eigenvalue weighted by Gasteiger charge is -2.04. The number of carbonyl (C=O) groups excluding carboxylic acids is 1. The highest BCUT2D eigenvalue weighted by Gasteiger charge is 2.19. The van der Waals surface area contributed by atoms with Crippen molar-refractivity contribution in [2.24, 2.45) is 5.73 Å². The fourth-order valence-corrected chi connectivity index (χ4v) is 1.06. The Bertz CT molecular complexity index is 284. The fraction of sp³-hybridized carbons (Fsp3) is 0.286. The first-order valence-corrected chi connectivity index (χ1v) is 4.03. The summed E-state index contributed by atoms with van der Waals surface area (Å²) in [4.78, 5) is 10.9. The maximum Gasteiger partial charge on any atom is 0.330 e. The van der Waals surface area contributed by atoms with Gasteiger partial charge in [0.1, 0.15) is 5.76 Å². The van der Waals surface area contributed by atoms with E-state index in [1.807, 2.05) is 0 Å². The first kappa shape index (κ1) is 9.28. The molecule has 0 amide bonds. The van der Waals surface area contributed by atoms with Crippen LogP contribution in [-0.4, -0.2) is 13.1 Å². The third-order valence-corrected chi connectivity index (χ3v) is 1.78. The van der Waals surface area contributed by atoms with Crippen molar-refractivity contribution in [1.29, 1.82) is 0 Å². The van der Waals surface area contributed by atoms with Gasteiger partial charge >= 0.3 is 5.97 Å². The number of nitrogens with two attached hydrogens (primary N) is 1. The van der Waals surface area contributed by atoms with Crippen molar-refractivity contribution in [3.05, 3.63) is 22.6 Å². The fourth-order valence-electron chi connectivity index (χ4n) is 0.739. The molecule has 0 fully saturated rings. The van der Waals surface area contributed by atoms with Crippen molar-refractivity contribution < 1.29 is 13.9 Å². The molecule has 66 valence electrons. The number of rotatable bonds is 2. The number of ether oxygens (including phenoxy) is 1. The molecule has 0 saturated carbocycles. The van der Waals surface area contributed by atoms with Crippen LogP contribution in [0.3, 0.4) is 0 Å². The lowest BCUT2D eigenvalue weighted by atomic mass is 10.2. The lowest BCUT2D eigenvalue weighted by Crippen LogP contribution is -2.21. The van der Waals surface area contributed by atoms with E-state index in [0.29, 0.717) is 10.4 Å². The number of halogens is 1. The smallest absolute Gasteiger partial charge is 0.330 e. The van der Waals surface area contributed by atoms with E-state index in [4.69, 9.17) is 10.2 Å². The van der Waals surface area contributed by atoms with Crippen LogP contribution in [0.2, 0.25) is 0 Å². The Labute approximate surface area is 77.8 Å². The van der Waals surface area contributed by atoms with Crippen LogP contribution in [0.4, 0.5) is 0 Å². The second kappa shape index (κ2) is 3.73. The zero-order valence-electron chi connectivity index (χ0n) is 6.41. The number of furan rings is 1. The minimum atomic E-state index is -0.846. The highest BCUT2D eigenvalue weighted by Crippen LogP contribution is 2.19. The average molecular weight is 234 g/mol. The largest absolute Gasteiger partial charge is 0.468 e. The van der Waals surface area contributed by atoms with E-state index < -0.39 is 12.0 Å². The van der Waals surface area contributed by atoms with Gasteiger partial charge in [-0.3, -0.25) is 0 Å². The van der Waals surface area contributed by atoms with Gasteiger partial charge < -0.3 is 14.9 Å². The standard InChI is InChI=1S/C7H8BrNO3/c1-11-7(10)6(9)4-2-3-5(8)12-4/h2-3,6H,9H2,1H3/t6-/m0/s1. The number of methoxy groups -OCH3 is 1. The second-order valence-electron chi connectivity index (χ2n) is 2.14. The zero-order chi connectivity index (χ0) is 9.14. The van der Waals surface area contributed by atoms with Crippen molar-refractivity contribution in [3.8, 4) is 0 Å². The first-order valence-electron chi connectivity index (χ1n) is 3.24. The molecule has 0 unspecified atom stereocenters. The molecule has 0 aliphatic heterocycles. The van der Waals surface area contributed by atoms with Crippen LogP contribution in [0.25, 0.3) is 0 Å². The van der Waals surface area contributed by atoms with E-state index >= 15 is 0 Å². The zero-order valence-corrected chi connectivity index (χ0v) is 8.00. The first-order chi connectivity index (χ1) is 5.65. The van der Waals surface area contributed by atoms with Crippen LogP contribution >= 0.6 is 15.9 Å². The normalized spacial score (nSPS) is 12.6. The summed E-state index contributed by atoms with van der Waals surface area (Å²) >= 11 is 3.10. The van der Waals surface area contributed by atoms with Crippen molar-refractivity contribution in [3.63, 3.8) is 0 Å². The summed E-state index contributed by atoms with van der Waals surface area (Å²) in [6.07, 6.45) is 0. The van der Waals surface area contributed by atoms with Gasteiger partial charge in [0.25, 0.3) is 0 Å². The Morgan fingerprint density at radius 2 is 2.42 bits per heavy atom. The molecule has 12 heavy (non-hydrogen) atoms. The van der Waals surface area contributed by atoms with Crippen molar-refractivity contribution in [2.75, 3.05) is 7.11 Å². The van der Waals surface area contributed by atoms with Crippen molar-refractivity contribution in [1.82, 2.24) is 0 Å². The van der Waals surface area contributed by atoms with Crippen LogP contribution in [0, 0.1) is 0 Å². The molecule has 1 aromatic rings. The van der Waals surface area contributed by atoms with Gasteiger partial charge in [-0.15, -0.1) is 0 Å². The molecule has 0 aliphatic carbocycles. The van der Waals surface area contributed by atoms with E-state index in [0.717, 1.165) is 0 Å². The number of hydrogen-bond donors (Lipinski definition) is 1. The van der Waals surface area contributed by atoms with Gasteiger partial charge in [-0.2, -0.15) is 0 Å². The molecule has 1 aromatic heterocycles. The summed E-state index contributed by atoms with van der Waals surface area (Å²) in [6, 6.07) is 2.44. The third kappa shape index (κ3) is 1.86. The van der Waals surface area contributed by atoms with Gasteiger partial charge in [0, 0.05) is 0 Å². The van der Waals surface area contributed by atoms with Gasteiger partial charge in [-0.05, 0) is 28.1 Å². The molecule has 1 atom stereocenters. The Balaban J connectivity index is 2.77. The summed E-state index contributed by atoms with van der Waals surface area (Å²) in [5.41, 5.74) is 5.47. The molecule has 0 aliphatic rings. The van der Waals surface area contributed by atoms with Crippen molar-refractivity contribution >= 4 is 21.9 Å². The molecular formula is C7H8BrNO3. The average Bonchev–Trinajstić information content (AvgIpc) is 2.49. The Kier molecular flexibility index (Phi) is 2.88. The van der Waals surface area contributed by atoms with Gasteiger partial charge in [0.15, 0.2) is 10.7 Å². The number of esters is 1. The van der Waals surface area contributed by atoms with Crippen LogP contribution in [-0.2, 0) is 9.53 Å². The maximum absolute atomic E-state index is 10.9. The van der Waals surface area contributed by atoms with Crippen LogP contribution in [0.5, 0.6) is 0 Å². The molecule has 5 heteroatoms. The molecule has 0 aromatic carbocycles. The highest BCUT2D eigenvalue weighted by atomic mass is 79.9. The molecule has 2 N–H and O–H groups in total. The Morgan fingerprint density at radius 1 is 1.75 bits per heavy atom. The summed E-state index contributed by atoms with van der Waals surface area (Å²) < 4.78 is 10.0. The van der Waals surface area contributed by atoms with Crippen LogP contribution in [0.1, 0.15) is 11.8 Å². The molecule has 0 spiro atoms. The minimum Gasteiger partial charge on any atom is -0.468 e. The molecule has 1 rings (SSSR count). The van der Waals surface area contributed by atoms with Crippen molar-refractivity contribution in [2.45, 2.75) is 6.04 Å². The topological polar surface area (TPSA) is 65.5 Å². The predicted molar refractivity (Wildman–Crippen MR) is 45.4 cm³/mol. The summed E-state index contributed by atoms with van der Waals surface area (Å²) in [5.74, 6) is -0.134. The Morgan fingerprint density at radius 3 is 2.83 bits per heavy atom. The van der Waals surface area contributed by atoms with Crippen LogP contribution < -0.4 is 5.73 Å². The van der Waals surface area contributed by atoms with Crippen LogP contribution in [0.15, 0.2) is 21.2 Å². The van der Waals surface area contributed by atoms with E-state index in [-0.39, 0.29) is 0 Å². The molecule has 0 saturated heterocycles. The Hall–Kier alpha value is -0.810. The predicted octanol–water partition coefficient (Wildman–Crippen LogP) is 1.21. The minimum absolute atomic E-state index is 0.383. The molecule has 0 bridgehead atoms. The third-order valence-electron chi connectivity index (χ3n) is 1.36. The number of carbonyl (C=O) groups is 1. The molecule has 1 heterocycles. The maximum atomic E-state index is 10.9. The lowest BCUT2D eigenvalue weighted by molar-refractivity contribution is -0.142. The summed E-state index contributed by atoms with van der Waals surface area (Å²) in [5, 5.41) is 0. The van der Waals surface area contributed by atoms with Gasteiger partial charge in [-0.1, -0.05) is 0 Å². The SMILES string of the molecule is COC(=O)[C@@H](N)c1ccc(Br)o1. The van der Waals surface area contributed by atoms with E-state index in [9.17, 15) is 4.79 Å². The quantitative estimate of drug-likeness (QED) is 0.781. The molecular weight excluding hydrogens is 226 g/mol. The number of hydrogen-bond acceptors (Lipinski definition) is 4. The van der Waals surface area contributed by atoms with E-state index in [1.165, 1.54) is 7.11 Å². The second-order valence-corrected chi connectivity index (χ2v) is 2.92. The van der Waals surface area contributed by atoms with Gasteiger partial charge in [-0.25, -0.2) is 4.79 Å². The monoisotopic (exact) mass is 233 g/mol.